The molecular weight excluding hydrogens is 386 g/mol. The molecule has 0 fully saturated rings. The Kier molecular flexibility index (Phi) is 5.41. The second-order valence-corrected chi connectivity index (χ2v) is 4.01. The first-order chi connectivity index (χ1) is 11.1. The van der Waals surface area contributed by atoms with E-state index in [1.165, 1.54) is 0 Å². The van der Waals surface area contributed by atoms with Gasteiger partial charge in [-0.3, -0.25) is 9.78 Å². The number of amides is 1. The highest BCUT2D eigenvalue weighted by atomic mass is 19.4. The van der Waals surface area contributed by atoms with Crippen molar-refractivity contribution in [2.75, 3.05) is 5.32 Å². The molecule has 0 saturated carbocycles. The molecule has 1 aromatic heterocycles. The summed E-state index contributed by atoms with van der Waals surface area (Å²) in [6.45, 7) is 0. The van der Waals surface area contributed by atoms with Gasteiger partial charge >= 0.3 is 30.7 Å². The minimum Gasteiger partial charge on any atom is -0.402 e. The Hall–Kier alpha value is -2.32. The number of hydrogen-bond acceptors (Lipinski definition) is 4. The van der Waals surface area contributed by atoms with Gasteiger partial charge in [-0.15, -0.1) is 26.3 Å². The van der Waals surface area contributed by atoms with Gasteiger partial charge in [-0.1, -0.05) is 0 Å². The number of hydrogen-bond donors (Lipinski definition) is 1. The first kappa shape index (κ1) is 20.7. The predicted octanol–water partition coefficient (Wildman–Crippen LogP) is 3.68. The first-order valence-corrected chi connectivity index (χ1v) is 5.59. The van der Waals surface area contributed by atoms with Crippen molar-refractivity contribution in [1.82, 2.24) is 4.98 Å². The van der Waals surface area contributed by atoms with Gasteiger partial charge in [0.05, 0.1) is 11.9 Å². The lowest BCUT2D eigenvalue weighted by atomic mass is 10.2. The molecule has 0 saturated heterocycles. The summed E-state index contributed by atoms with van der Waals surface area (Å²) in [5.74, 6) is -10.6. The molecule has 0 radical (unpaired) electrons. The molecule has 15 heteroatoms. The van der Waals surface area contributed by atoms with Crippen LogP contribution in [-0.4, -0.2) is 35.6 Å². The maximum atomic E-state index is 13.2. The van der Waals surface area contributed by atoms with Gasteiger partial charge in [-0.25, -0.2) is 4.74 Å². The summed E-state index contributed by atoms with van der Waals surface area (Å²) in [5, 5.41) is 0.884. The van der Waals surface area contributed by atoms with Crippen LogP contribution in [0.15, 0.2) is 18.5 Å². The maximum absolute atomic E-state index is 13.2. The summed E-state index contributed by atoms with van der Waals surface area (Å²) >= 11 is 0. The molecule has 0 aromatic carbocycles. The summed E-state index contributed by atoms with van der Waals surface area (Å²) in [5.41, 5.74) is -1.21. The van der Waals surface area contributed by atoms with Gasteiger partial charge in [0.15, 0.2) is 5.75 Å². The van der Waals surface area contributed by atoms with Crippen LogP contribution in [0.4, 0.5) is 49.6 Å². The molecule has 0 aliphatic heterocycles. The predicted molar refractivity (Wildman–Crippen MR) is 56.6 cm³/mol. The average Bonchev–Trinajstić information content (AvgIpc) is 2.36. The molecule has 1 rings (SSSR count). The van der Waals surface area contributed by atoms with Crippen LogP contribution in [0.1, 0.15) is 0 Å². The number of halogens is 10. The Bertz CT molecular complexity index is 628. The largest absolute Gasteiger partial charge is 0.573 e. The van der Waals surface area contributed by atoms with Crippen molar-refractivity contribution in [2.24, 2.45) is 0 Å². The van der Waals surface area contributed by atoms with E-state index in [0.717, 1.165) is 5.32 Å². The van der Waals surface area contributed by atoms with Crippen LogP contribution in [0.5, 0.6) is 5.75 Å². The lowest BCUT2D eigenvalue weighted by molar-refractivity contribution is -0.457. The Morgan fingerprint density at radius 1 is 0.960 bits per heavy atom. The lowest BCUT2D eigenvalue weighted by Gasteiger charge is -2.25. The van der Waals surface area contributed by atoms with Crippen molar-refractivity contribution in [2.45, 2.75) is 24.8 Å². The van der Waals surface area contributed by atoms with E-state index in [0.29, 0.717) is 12.3 Å². The molecule has 1 aromatic rings. The van der Waals surface area contributed by atoms with Crippen LogP contribution in [0, 0.1) is 0 Å². The molecule has 1 amide bonds. The Morgan fingerprint density at radius 2 is 1.52 bits per heavy atom. The third-order valence-electron chi connectivity index (χ3n) is 2.15. The van der Waals surface area contributed by atoms with E-state index in [2.05, 4.69) is 9.72 Å². The SMILES string of the molecule is O=C(Nc1ccncc1OC(F)(F)F)C(F)(F)C(F)(F)OC(F)(F)F. The standard InChI is InChI=1S/C10H4F10N2O3/c11-7(12,8(13,14)25-10(18,19)20)6(23)22-4-1-2-21-3-5(4)24-9(15,16)17/h1-3H,(H,21,22,23). The first-order valence-electron chi connectivity index (χ1n) is 5.59. The molecule has 0 aliphatic carbocycles. The summed E-state index contributed by atoms with van der Waals surface area (Å²) in [7, 11) is 0. The molecule has 1 heterocycles. The van der Waals surface area contributed by atoms with Crippen LogP contribution in [0.2, 0.25) is 0 Å². The highest BCUT2D eigenvalue weighted by molar-refractivity contribution is 5.97. The normalized spacial score (nSPS) is 13.5. The molecule has 0 atom stereocenters. The second kappa shape index (κ2) is 6.53. The Morgan fingerprint density at radius 3 is 2.00 bits per heavy atom. The fraction of sp³-hybridized carbons (Fsp3) is 0.400. The van der Waals surface area contributed by atoms with Crippen LogP contribution in [-0.2, 0) is 9.53 Å². The van der Waals surface area contributed by atoms with E-state index in [1.54, 1.807) is 0 Å². The van der Waals surface area contributed by atoms with Crippen molar-refractivity contribution < 1.29 is 58.2 Å². The zero-order valence-electron chi connectivity index (χ0n) is 11.2. The van der Waals surface area contributed by atoms with E-state index >= 15 is 0 Å². The number of ether oxygens (including phenoxy) is 2. The number of nitrogens with zero attached hydrogens (tertiary/aromatic N) is 1. The number of nitrogens with one attached hydrogen (secondary N) is 1. The Balaban J connectivity index is 3.06. The van der Waals surface area contributed by atoms with Gasteiger partial charge in [0.2, 0.25) is 0 Å². The molecule has 25 heavy (non-hydrogen) atoms. The van der Waals surface area contributed by atoms with Gasteiger partial charge in [-0.2, -0.15) is 17.6 Å². The molecule has 0 aliphatic rings. The molecule has 0 spiro atoms. The number of pyridine rings is 1. The second-order valence-electron chi connectivity index (χ2n) is 4.01. The van der Waals surface area contributed by atoms with Gasteiger partial charge in [-0.05, 0) is 6.07 Å². The fourth-order valence-electron chi connectivity index (χ4n) is 1.23. The molecule has 1 N–H and O–H groups in total. The van der Waals surface area contributed by atoms with Crippen LogP contribution in [0.3, 0.4) is 0 Å². The van der Waals surface area contributed by atoms with Crippen molar-refractivity contribution >= 4 is 11.6 Å². The number of anilines is 1. The van der Waals surface area contributed by atoms with Gasteiger partial charge in [0, 0.05) is 6.20 Å². The van der Waals surface area contributed by atoms with Crippen LogP contribution < -0.4 is 10.1 Å². The minimum atomic E-state index is -6.34. The van der Waals surface area contributed by atoms with E-state index in [1.807, 2.05) is 4.74 Å². The van der Waals surface area contributed by atoms with E-state index < -0.39 is 42.1 Å². The Labute approximate surface area is 130 Å². The topological polar surface area (TPSA) is 60.5 Å². The maximum Gasteiger partial charge on any atom is 0.573 e. The molecule has 5 nitrogen and oxygen atoms in total. The van der Waals surface area contributed by atoms with Gasteiger partial charge in [0.1, 0.15) is 0 Å². The fourth-order valence-corrected chi connectivity index (χ4v) is 1.23. The number of carbonyl (C=O) groups is 1. The average molecular weight is 390 g/mol. The highest BCUT2D eigenvalue weighted by Crippen LogP contribution is 2.41. The summed E-state index contributed by atoms with van der Waals surface area (Å²) in [6, 6.07) is 0.442. The monoisotopic (exact) mass is 390 g/mol. The molecular formula is C10H4F10N2O3. The quantitative estimate of drug-likeness (QED) is 0.780. The summed E-state index contributed by atoms with van der Waals surface area (Å²) in [6.07, 6.45) is -17.0. The van der Waals surface area contributed by atoms with Crippen molar-refractivity contribution in [3.05, 3.63) is 18.5 Å². The van der Waals surface area contributed by atoms with Crippen molar-refractivity contribution in [3.8, 4) is 5.75 Å². The number of carbonyl (C=O) groups excluding carboxylic acids is 1. The number of rotatable bonds is 5. The minimum absolute atomic E-state index is 0.283. The van der Waals surface area contributed by atoms with E-state index in [4.69, 9.17) is 0 Å². The highest BCUT2D eigenvalue weighted by Gasteiger charge is 2.67. The van der Waals surface area contributed by atoms with E-state index in [-0.39, 0.29) is 6.20 Å². The van der Waals surface area contributed by atoms with Gasteiger partial charge < -0.3 is 10.1 Å². The van der Waals surface area contributed by atoms with Crippen LogP contribution in [0.25, 0.3) is 0 Å². The zero-order valence-corrected chi connectivity index (χ0v) is 11.2. The lowest BCUT2D eigenvalue weighted by Crippen LogP contribution is -2.53. The zero-order chi connectivity index (χ0) is 19.7. The van der Waals surface area contributed by atoms with E-state index in [9.17, 15) is 48.7 Å². The van der Waals surface area contributed by atoms with Crippen LogP contribution >= 0.6 is 0 Å². The molecule has 0 bridgehead atoms. The molecule has 142 valence electrons. The molecule has 0 unspecified atom stereocenters. The third kappa shape index (κ3) is 5.61. The number of alkyl halides is 10. The number of aromatic nitrogens is 1. The van der Waals surface area contributed by atoms with Crippen molar-refractivity contribution in [1.29, 1.82) is 0 Å². The summed E-state index contributed by atoms with van der Waals surface area (Å²) < 4.78 is 129. The van der Waals surface area contributed by atoms with Crippen molar-refractivity contribution in [3.63, 3.8) is 0 Å². The van der Waals surface area contributed by atoms with Gasteiger partial charge in [0.25, 0.3) is 0 Å². The third-order valence-corrected chi connectivity index (χ3v) is 2.15. The summed E-state index contributed by atoms with van der Waals surface area (Å²) in [4.78, 5) is 14.2. The smallest absolute Gasteiger partial charge is 0.402 e.